The second-order valence-electron chi connectivity index (χ2n) is 8.09. The number of hydrogen-bond acceptors (Lipinski definition) is 8. The van der Waals surface area contributed by atoms with Gasteiger partial charge in [0.1, 0.15) is 0 Å². The van der Waals surface area contributed by atoms with Crippen LogP contribution in [0.15, 0.2) is 71.6 Å². The smallest absolute Gasteiger partial charge is 0.200 e. The van der Waals surface area contributed by atoms with Crippen molar-refractivity contribution in [3.05, 3.63) is 73.0 Å². The topological polar surface area (TPSA) is 93.6 Å². The van der Waals surface area contributed by atoms with Crippen molar-refractivity contribution in [1.29, 1.82) is 0 Å². The number of aromatic nitrogens is 4. The van der Waals surface area contributed by atoms with Crippen LogP contribution < -0.4 is 11.2 Å². The van der Waals surface area contributed by atoms with Crippen LogP contribution in [0.3, 0.4) is 0 Å². The lowest BCUT2D eigenvalue weighted by Crippen LogP contribution is -2.19. The number of hydrazine groups is 1. The third-order valence-corrected chi connectivity index (χ3v) is 6.44. The minimum Gasteiger partial charge on any atom is -0.379 e. The molecule has 1 saturated heterocycles. The highest BCUT2D eigenvalue weighted by Gasteiger charge is 2.16. The van der Waals surface area contributed by atoms with E-state index >= 15 is 0 Å². The van der Waals surface area contributed by atoms with E-state index in [1.807, 2.05) is 24.4 Å². The molecule has 1 aliphatic heterocycles. The van der Waals surface area contributed by atoms with Gasteiger partial charge >= 0.3 is 0 Å². The highest BCUT2D eigenvalue weighted by atomic mass is 32.2. The van der Waals surface area contributed by atoms with E-state index in [1.165, 1.54) is 22.8 Å². The Balaban J connectivity index is 1.47. The number of halogens is 1. The molecule has 0 amide bonds. The molecular weight excluding hydrogens is 453 g/mol. The standard InChI is InChI=1S/C24H24FN7OS/c1-3-15(12-31(2)26)17-10-21(25)23-29-30-24(32(23)13-17)34-20-4-5-22-16(9-20)8-19(11-27-22)28-18-6-7-33-14-18/h3-5,8-13,18,28H,1,6-7,14,26H2,2H3/b15-12+. The summed E-state index contributed by atoms with van der Waals surface area (Å²) in [7, 11) is 1.69. The molecule has 0 aliphatic carbocycles. The zero-order valence-corrected chi connectivity index (χ0v) is 19.4. The number of pyridine rings is 2. The van der Waals surface area contributed by atoms with Crippen molar-refractivity contribution in [2.75, 3.05) is 25.6 Å². The summed E-state index contributed by atoms with van der Waals surface area (Å²) in [6, 6.07) is 9.76. The number of nitrogens with zero attached hydrogens (tertiary/aromatic N) is 5. The molecular formula is C24H24FN7OS. The van der Waals surface area contributed by atoms with Gasteiger partial charge in [-0.15, -0.1) is 10.2 Å². The predicted molar refractivity (Wildman–Crippen MR) is 132 cm³/mol. The van der Waals surface area contributed by atoms with Crippen molar-refractivity contribution in [2.24, 2.45) is 5.84 Å². The molecule has 8 nitrogen and oxygen atoms in total. The van der Waals surface area contributed by atoms with Crippen LogP contribution in [0.4, 0.5) is 10.1 Å². The molecule has 3 N–H and O–H groups in total. The van der Waals surface area contributed by atoms with Crippen molar-refractivity contribution in [1.82, 2.24) is 24.6 Å². The predicted octanol–water partition coefficient (Wildman–Crippen LogP) is 4.10. The van der Waals surface area contributed by atoms with Crippen LogP contribution in [0, 0.1) is 5.82 Å². The summed E-state index contributed by atoms with van der Waals surface area (Å²) in [4.78, 5) is 5.50. The van der Waals surface area contributed by atoms with Crippen LogP contribution in [0.2, 0.25) is 0 Å². The lowest BCUT2D eigenvalue weighted by molar-refractivity contribution is 0.195. The second-order valence-corrected chi connectivity index (χ2v) is 9.13. The van der Waals surface area contributed by atoms with E-state index in [2.05, 4.69) is 33.1 Å². The van der Waals surface area contributed by atoms with Gasteiger partial charge in [-0.2, -0.15) is 0 Å². The molecule has 3 aromatic heterocycles. The quantitative estimate of drug-likeness (QED) is 0.233. The lowest BCUT2D eigenvalue weighted by Gasteiger charge is -2.12. The monoisotopic (exact) mass is 477 g/mol. The van der Waals surface area contributed by atoms with Crippen LogP contribution in [0.25, 0.3) is 22.1 Å². The summed E-state index contributed by atoms with van der Waals surface area (Å²) in [5.41, 5.74) is 3.30. The molecule has 4 heterocycles. The third kappa shape index (κ3) is 4.60. The van der Waals surface area contributed by atoms with E-state index in [9.17, 15) is 4.39 Å². The Bertz CT molecular complexity index is 1400. The summed E-state index contributed by atoms with van der Waals surface area (Å²) < 4.78 is 21.9. The van der Waals surface area contributed by atoms with Crippen molar-refractivity contribution in [3.8, 4) is 0 Å². The number of fused-ring (bicyclic) bond motifs is 2. The van der Waals surface area contributed by atoms with Gasteiger partial charge in [0.15, 0.2) is 11.5 Å². The maximum absolute atomic E-state index is 14.8. The summed E-state index contributed by atoms with van der Waals surface area (Å²) >= 11 is 1.40. The number of benzene rings is 1. The Kier molecular flexibility index (Phi) is 6.18. The van der Waals surface area contributed by atoms with Gasteiger partial charge in [0.2, 0.25) is 5.16 Å². The zero-order chi connectivity index (χ0) is 23.7. The second kappa shape index (κ2) is 9.41. The molecule has 0 bridgehead atoms. The first-order valence-electron chi connectivity index (χ1n) is 10.8. The fourth-order valence-electron chi connectivity index (χ4n) is 3.87. The zero-order valence-electron chi connectivity index (χ0n) is 18.6. The number of nitrogens with one attached hydrogen (secondary N) is 1. The van der Waals surface area contributed by atoms with E-state index in [0.29, 0.717) is 28.9 Å². The molecule has 174 valence electrons. The van der Waals surface area contributed by atoms with Crippen LogP contribution >= 0.6 is 11.8 Å². The summed E-state index contributed by atoms with van der Waals surface area (Å²) in [6.07, 6.45) is 7.90. The Morgan fingerprint density at radius 1 is 1.35 bits per heavy atom. The Morgan fingerprint density at radius 2 is 2.24 bits per heavy atom. The SMILES string of the molecule is C=C/C(=C\N(C)N)c1cc(F)c2nnc(Sc3ccc4ncc(NC5CCOC5)cc4c3)n2c1. The van der Waals surface area contributed by atoms with Gasteiger partial charge in [-0.3, -0.25) is 9.38 Å². The van der Waals surface area contributed by atoms with Gasteiger partial charge in [-0.05, 0) is 54.1 Å². The van der Waals surface area contributed by atoms with Gasteiger partial charge in [-0.25, -0.2) is 10.2 Å². The van der Waals surface area contributed by atoms with Gasteiger partial charge < -0.3 is 15.1 Å². The highest BCUT2D eigenvalue weighted by molar-refractivity contribution is 7.99. The first-order chi connectivity index (χ1) is 16.5. The van der Waals surface area contributed by atoms with Gasteiger partial charge in [0, 0.05) is 41.9 Å². The minimum atomic E-state index is -0.474. The first-order valence-corrected chi connectivity index (χ1v) is 11.6. The molecule has 0 radical (unpaired) electrons. The number of rotatable bonds is 7. The van der Waals surface area contributed by atoms with Crippen LogP contribution in [-0.2, 0) is 4.74 Å². The molecule has 1 unspecified atom stereocenters. The lowest BCUT2D eigenvalue weighted by atomic mass is 10.1. The van der Waals surface area contributed by atoms with Crippen molar-refractivity contribution < 1.29 is 9.13 Å². The van der Waals surface area contributed by atoms with Crippen molar-refractivity contribution >= 4 is 39.6 Å². The number of nitrogens with two attached hydrogens (primary N) is 1. The average molecular weight is 478 g/mol. The number of allylic oxidation sites excluding steroid dienone is 2. The van der Waals surface area contributed by atoms with E-state index in [-0.39, 0.29) is 5.65 Å². The molecule has 1 aliphatic rings. The molecule has 1 aromatic carbocycles. The summed E-state index contributed by atoms with van der Waals surface area (Å²) in [5.74, 6) is 5.26. The highest BCUT2D eigenvalue weighted by Crippen LogP contribution is 2.31. The molecule has 1 atom stereocenters. The largest absolute Gasteiger partial charge is 0.379 e. The van der Waals surface area contributed by atoms with Crippen LogP contribution in [0.5, 0.6) is 0 Å². The minimum absolute atomic E-state index is 0.156. The maximum Gasteiger partial charge on any atom is 0.200 e. The fraction of sp³-hybridized carbons (Fsp3) is 0.208. The summed E-state index contributed by atoms with van der Waals surface area (Å²) in [6.45, 7) is 5.29. The van der Waals surface area contributed by atoms with E-state index in [1.54, 1.807) is 29.9 Å². The van der Waals surface area contributed by atoms with Gasteiger partial charge in [0.05, 0.1) is 30.0 Å². The first kappa shape index (κ1) is 22.3. The molecule has 0 spiro atoms. The molecule has 4 aromatic rings. The molecule has 1 fully saturated rings. The fourth-order valence-corrected chi connectivity index (χ4v) is 4.72. The van der Waals surface area contributed by atoms with Crippen molar-refractivity contribution in [3.63, 3.8) is 0 Å². The van der Waals surface area contributed by atoms with Gasteiger partial charge in [-0.1, -0.05) is 12.7 Å². The Labute approximate surface area is 200 Å². The summed E-state index contributed by atoms with van der Waals surface area (Å²) in [5, 5.41) is 14.7. The number of ether oxygens (including phenoxy) is 1. The Hall–Kier alpha value is -3.47. The normalized spacial score (nSPS) is 16.3. The molecule has 10 heteroatoms. The maximum atomic E-state index is 14.8. The van der Waals surface area contributed by atoms with E-state index in [4.69, 9.17) is 10.6 Å². The third-order valence-electron chi connectivity index (χ3n) is 5.49. The number of hydrogen-bond donors (Lipinski definition) is 2. The molecule has 34 heavy (non-hydrogen) atoms. The van der Waals surface area contributed by atoms with E-state index < -0.39 is 5.82 Å². The van der Waals surface area contributed by atoms with Crippen molar-refractivity contribution in [2.45, 2.75) is 22.5 Å². The van der Waals surface area contributed by atoms with Crippen LogP contribution in [-0.4, -0.2) is 50.9 Å². The van der Waals surface area contributed by atoms with E-state index in [0.717, 1.165) is 34.5 Å². The molecule has 0 saturated carbocycles. The Morgan fingerprint density at radius 3 is 3.00 bits per heavy atom. The number of anilines is 1. The average Bonchev–Trinajstić information content (AvgIpc) is 3.47. The van der Waals surface area contributed by atoms with Gasteiger partial charge in [0.25, 0.3) is 0 Å². The molecule has 5 rings (SSSR count). The van der Waals surface area contributed by atoms with Crippen LogP contribution in [0.1, 0.15) is 12.0 Å².